The molecule has 1 atom stereocenters. The summed E-state index contributed by atoms with van der Waals surface area (Å²) in [4.78, 5) is 42.7. The van der Waals surface area contributed by atoms with Crippen molar-refractivity contribution in [3.05, 3.63) is 81.8 Å². The van der Waals surface area contributed by atoms with Crippen LogP contribution in [-0.2, 0) is 33.0 Å². The molecule has 7 rings (SSSR count). The number of nitrogens with one attached hydrogen (secondary N) is 1. The van der Waals surface area contributed by atoms with Gasteiger partial charge in [0, 0.05) is 43.8 Å². The Labute approximate surface area is 285 Å². The third-order valence-corrected chi connectivity index (χ3v) is 12.0. The average molecular weight is 750 g/mol. The quantitative estimate of drug-likeness (QED) is 0.163. The van der Waals surface area contributed by atoms with Crippen molar-refractivity contribution >= 4 is 28.9 Å². The zero-order valence-corrected chi connectivity index (χ0v) is 29.8. The molecule has 4 aromatic rings. The van der Waals surface area contributed by atoms with Crippen LogP contribution >= 0.6 is 0 Å². The second-order valence-electron chi connectivity index (χ2n) is 13.6. The number of carbonyl (C=O) groups is 1. The molecule has 0 bridgehead atoms. The van der Waals surface area contributed by atoms with Gasteiger partial charge in [-0.05, 0) is 41.5 Å². The number of carbonyl (C=O) groups excluding carboxylic acids is 1. The van der Waals surface area contributed by atoms with E-state index in [0.29, 0.717) is 53.3 Å². The van der Waals surface area contributed by atoms with Crippen LogP contribution in [0.1, 0.15) is 48.1 Å². The van der Waals surface area contributed by atoms with E-state index in [0.717, 1.165) is 43.7 Å². The Kier molecular flexibility index (Phi) is 8.37. The van der Waals surface area contributed by atoms with E-state index in [1.54, 1.807) is 30.4 Å². The number of anilines is 4. The fraction of sp³-hybridized carbons (Fsp3) is 0.429. The van der Waals surface area contributed by atoms with E-state index in [1.165, 1.54) is 15.8 Å². The number of aliphatic hydroxyl groups excluding tert-OH is 1. The zero-order chi connectivity index (χ0) is 33.0. The third kappa shape index (κ3) is 5.84. The molecule has 2 N–H and O–H groups in total. The van der Waals surface area contributed by atoms with Crippen LogP contribution in [0.25, 0.3) is 11.1 Å². The number of halogens is 1. The van der Waals surface area contributed by atoms with Gasteiger partial charge in [0.05, 0.1) is 6.61 Å². The van der Waals surface area contributed by atoms with Gasteiger partial charge in [0.25, 0.3) is 5.91 Å². The van der Waals surface area contributed by atoms with Gasteiger partial charge < -0.3 is 9.67 Å². The summed E-state index contributed by atoms with van der Waals surface area (Å²) in [5, 5.41) is 13.9. The van der Waals surface area contributed by atoms with Crippen LogP contribution in [0.15, 0.2) is 53.7 Å². The van der Waals surface area contributed by atoms with Crippen LogP contribution in [-0.4, -0.2) is 70.4 Å². The van der Waals surface area contributed by atoms with E-state index in [-0.39, 0.29) is 45.0 Å². The molecule has 3 aliphatic rings. The zero-order valence-electron chi connectivity index (χ0n) is 27.6. The van der Waals surface area contributed by atoms with Crippen molar-refractivity contribution in [2.75, 3.05) is 46.2 Å². The molecule has 2 aliphatic heterocycles. The molecule has 1 fully saturated rings. The number of pyridine rings is 3. The van der Waals surface area contributed by atoms with Gasteiger partial charge in [-0.15, -0.1) is 0 Å². The number of rotatable bonds is 7. The number of nitrogens with zero attached hydrogens (tertiary/aromatic N) is 7. The number of fused-ring (bicyclic) bond motifs is 3. The first-order chi connectivity index (χ1) is 22.6. The van der Waals surface area contributed by atoms with E-state index in [9.17, 15) is 14.7 Å². The summed E-state index contributed by atoms with van der Waals surface area (Å²) in [5.74, 6) is 0.909. The number of aliphatic hydroxyl groups is 1. The van der Waals surface area contributed by atoms with Crippen molar-refractivity contribution in [1.29, 1.82) is 0 Å². The van der Waals surface area contributed by atoms with Crippen LogP contribution in [0, 0.1) is 5.41 Å². The predicted octanol–water partition coefficient (Wildman–Crippen LogP) is 0.809. The van der Waals surface area contributed by atoms with Crippen molar-refractivity contribution in [2.45, 2.75) is 52.8 Å². The second-order valence-corrected chi connectivity index (χ2v) is 15.9. The van der Waals surface area contributed by atoms with Crippen molar-refractivity contribution in [2.24, 2.45) is 12.5 Å². The fourth-order valence-electron chi connectivity index (χ4n) is 7.42. The molecule has 1 saturated heterocycles. The predicted molar refractivity (Wildman–Crippen MR) is 180 cm³/mol. The third-order valence-electron chi connectivity index (χ3n) is 9.73. The molecule has 0 radical (unpaired) electrons. The fourth-order valence-corrected chi connectivity index (χ4v) is 9.08. The van der Waals surface area contributed by atoms with Gasteiger partial charge in [0.2, 0.25) is 0 Å². The van der Waals surface area contributed by atoms with Gasteiger partial charge in [0.1, 0.15) is 11.5 Å². The first-order valence-electron chi connectivity index (χ1n) is 16.1. The van der Waals surface area contributed by atoms with Gasteiger partial charge in [-0.1, -0.05) is 13.8 Å². The monoisotopic (exact) mass is 749 g/mol. The number of hydrogen-bond donors (Lipinski definition) is 2. The molecular formula is C35H42IN8O3-. The van der Waals surface area contributed by atoms with Crippen LogP contribution in [0.2, 0.25) is 0 Å². The second kappa shape index (κ2) is 12.4. The first kappa shape index (κ1) is 31.8. The van der Waals surface area contributed by atoms with E-state index in [1.807, 2.05) is 24.4 Å². The standard InChI is InChI=1S/C35H42IN8O3/c1-22-19-41(36-4)10-11-42(22)25-6-7-31(38-18-25)39-28-14-24(20-40(5)33(28)46)26-8-9-37-32(27(26)21-45)44-13-12-43-29(34(44)47)15-23-16-35(2,3)17-30(23)43/h6-9,14-15,18,20,22,45H,10-13,16-17,19,21H2,1-5H3,(H,38,39)/q-1/t22-/m0/s1. The minimum absolute atomic E-state index is 0.100. The summed E-state index contributed by atoms with van der Waals surface area (Å²) in [5.41, 5.74) is 6.62. The van der Waals surface area contributed by atoms with Gasteiger partial charge in [-0.2, -0.15) is 0 Å². The van der Waals surface area contributed by atoms with Crippen LogP contribution in [0.4, 0.5) is 23.0 Å². The summed E-state index contributed by atoms with van der Waals surface area (Å²) in [6, 6.07) is 10.0. The van der Waals surface area contributed by atoms with Gasteiger partial charge in [-0.25, -0.2) is 4.98 Å². The Balaban J connectivity index is 1.16. The van der Waals surface area contributed by atoms with Crippen molar-refractivity contribution < 1.29 is 31.4 Å². The minimum atomic E-state index is -0.310. The number of alkyl halides is 1. The maximum atomic E-state index is 13.8. The van der Waals surface area contributed by atoms with Crippen LogP contribution in [0.3, 0.4) is 0 Å². The Hall–Kier alpha value is -3.75. The topological polar surface area (TPSA) is 112 Å². The van der Waals surface area contributed by atoms with E-state index in [2.05, 4.69) is 59.6 Å². The first-order valence-corrected chi connectivity index (χ1v) is 19.3. The maximum absolute atomic E-state index is 13.8. The van der Waals surface area contributed by atoms with E-state index < -0.39 is 0 Å². The summed E-state index contributed by atoms with van der Waals surface area (Å²) in [7, 11) is 1.71. The van der Waals surface area contributed by atoms with Gasteiger partial charge in [-0.3, -0.25) is 9.69 Å². The molecule has 12 heteroatoms. The molecule has 11 nitrogen and oxygen atoms in total. The van der Waals surface area contributed by atoms with Crippen molar-refractivity contribution in [1.82, 2.24) is 22.2 Å². The van der Waals surface area contributed by atoms with E-state index >= 15 is 0 Å². The Morgan fingerprint density at radius 2 is 1.89 bits per heavy atom. The molecule has 1 amide bonds. The molecule has 0 unspecified atom stereocenters. The summed E-state index contributed by atoms with van der Waals surface area (Å²) in [6.45, 7) is 10.7. The van der Waals surface area contributed by atoms with Crippen LogP contribution < -0.4 is 42.2 Å². The Morgan fingerprint density at radius 3 is 2.62 bits per heavy atom. The van der Waals surface area contributed by atoms with Gasteiger partial charge in [0.15, 0.2) is 0 Å². The molecular weight excluding hydrogens is 707 g/mol. The van der Waals surface area contributed by atoms with E-state index in [4.69, 9.17) is 0 Å². The molecule has 0 aromatic carbocycles. The molecule has 47 heavy (non-hydrogen) atoms. The summed E-state index contributed by atoms with van der Waals surface area (Å²) < 4.78 is 6.26. The Morgan fingerprint density at radius 1 is 1.06 bits per heavy atom. The molecule has 0 spiro atoms. The average Bonchev–Trinajstić information content (AvgIpc) is 3.55. The summed E-state index contributed by atoms with van der Waals surface area (Å²) >= 11 is 0.100. The molecule has 0 saturated carbocycles. The number of aromatic nitrogens is 4. The summed E-state index contributed by atoms with van der Waals surface area (Å²) in [6.07, 6.45) is 7.20. The molecule has 1 aliphatic carbocycles. The number of aryl methyl sites for hydroxylation is 1. The Bertz CT molecular complexity index is 1900. The normalized spacial score (nSPS) is 19.3. The number of amides is 1. The SMILES string of the molecule is C[I-]N1CCN(c2ccc(Nc3cc(-c4ccnc(N5CCn6c(cc7c6CC(C)(C)C7)C5=O)c4CO)cn(C)c3=O)nc2)[C@@H](C)C1. The van der Waals surface area contributed by atoms with Crippen molar-refractivity contribution in [3.63, 3.8) is 0 Å². The van der Waals surface area contributed by atoms with Gasteiger partial charge >= 0.3 is 139 Å². The van der Waals surface area contributed by atoms with Crippen molar-refractivity contribution in [3.8, 4) is 11.1 Å². The molecule has 4 aromatic heterocycles. The molecule has 248 valence electrons. The van der Waals surface area contributed by atoms with Crippen LogP contribution in [0.5, 0.6) is 0 Å². The molecule has 6 heterocycles. The number of hydrogen-bond acceptors (Lipinski definition) is 8. The number of piperazine rings is 1.